The lowest BCUT2D eigenvalue weighted by atomic mass is 10.1. The molecular weight excluding hydrogens is 274 g/mol. The van der Waals surface area contributed by atoms with Crippen LogP contribution in [0.25, 0.3) is 0 Å². The van der Waals surface area contributed by atoms with Gasteiger partial charge in [0.1, 0.15) is 0 Å². The number of halogens is 1. The molecule has 0 radical (unpaired) electrons. The molecule has 0 fully saturated rings. The summed E-state index contributed by atoms with van der Waals surface area (Å²) in [6.07, 6.45) is 2.18. The molecule has 0 aliphatic heterocycles. The fourth-order valence-corrected chi connectivity index (χ4v) is 2.17. The molecule has 1 aromatic rings. The van der Waals surface area contributed by atoms with E-state index in [9.17, 15) is 4.79 Å². The summed E-state index contributed by atoms with van der Waals surface area (Å²) < 4.78 is 0. The molecule has 0 heterocycles. The molecule has 0 aliphatic rings. The van der Waals surface area contributed by atoms with Gasteiger partial charge in [0.2, 0.25) is 5.91 Å². The highest BCUT2D eigenvalue weighted by Gasteiger charge is 2.21. The Morgan fingerprint density at radius 2 is 2.10 bits per heavy atom. The van der Waals surface area contributed by atoms with E-state index in [0.717, 1.165) is 12.8 Å². The predicted molar refractivity (Wildman–Crippen MR) is 86.1 cm³/mol. The fourth-order valence-electron chi connectivity index (χ4n) is 2.06. The zero-order valence-corrected chi connectivity index (χ0v) is 13.4. The number of nitrogens with zero attached hydrogens (tertiary/aromatic N) is 1. The number of anilines is 2. The third-order valence-corrected chi connectivity index (χ3v) is 4.00. The zero-order chi connectivity index (χ0) is 15.3. The molecule has 0 aromatic heterocycles. The molecule has 2 unspecified atom stereocenters. The van der Waals surface area contributed by atoms with E-state index < -0.39 is 0 Å². The van der Waals surface area contributed by atoms with Crippen molar-refractivity contribution in [2.24, 2.45) is 0 Å². The Balaban J connectivity index is 2.67. The van der Waals surface area contributed by atoms with Crippen LogP contribution in [-0.4, -0.2) is 29.9 Å². The first-order valence-electron chi connectivity index (χ1n) is 6.94. The minimum Gasteiger partial charge on any atom is -0.397 e. The van der Waals surface area contributed by atoms with Crippen molar-refractivity contribution in [1.29, 1.82) is 0 Å². The lowest BCUT2D eigenvalue weighted by molar-refractivity contribution is -0.121. The summed E-state index contributed by atoms with van der Waals surface area (Å²) >= 11 is 5.86. The molecule has 0 aliphatic carbocycles. The highest BCUT2D eigenvalue weighted by atomic mass is 35.5. The number of likely N-dealkylation sites (N-methyl/N-ethyl adjacent to an activating group) is 1. The van der Waals surface area contributed by atoms with E-state index in [1.165, 1.54) is 0 Å². The van der Waals surface area contributed by atoms with Gasteiger partial charge in [0.15, 0.2) is 0 Å². The Morgan fingerprint density at radius 3 is 2.65 bits per heavy atom. The molecule has 0 saturated carbocycles. The minimum absolute atomic E-state index is 0.0443. The van der Waals surface area contributed by atoms with Crippen LogP contribution < -0.4 is 11.1 Å². The van der Waals surface area contributed by atoms with Crippen LogP contribution >= 0.6 is 11.6 Å². The first-order valence-corrected chi connectivity index (χ1v) is 7.32. The van der Waals surface area contributed by atoms with Gasteiger partial charge in [-0.1, -0.05) is 24.9 Å². The largest absolute Gasteiger partial charge is 0.397 e. The highest BCUT2D eigenvalue weighted by molar-refractivity contribution is 6.33. The summed E-state index contributed by atoms with van der Waals surface area (Å²) in [5, 5.41) is 3.36. The van der Waals surface area contributed by atoms with Gasteiger partial charge in [0, 0.05) is 11.7 Å². The molecule has 1 rings (SSSR count). The van der Waals surface area contributed by atoms with Gasteiger partial charge in [-0.05, 0) is 45.5 Å². The van der Waals surface area contributed by atoms with E-state index in [-0.39, 0.29) is 11.9 Å². The van der Waals surface area contributed by atoms with Crippen molar-refractivity contribution < 1.29 is 4.79 Å². The van der Waals surface area contributed by atoms with E-state index >= 15 is 0 Å². The van der Waals surface area contributed by atoms with Crippen molar-refractivity contribution >= 4 is 28.9 Å². The first-order chi connectivity index (χ1) is 9.36. The van der Waals surface area contributed by atoms with Crippen LogP contribution in [0.5, 0.6) is 0 Å². The van der Waals surface area contributed by atoms with Crippen LogP contribution in [0.1, 0.15) is 33.6 Å². The third-order valence-electron chi connectivity index (χ3n) is 3.66. The molecule has 0 bridgehead atoms. The molecule has 0 saturated heterocycles. The van der Waals surface area contributed by atoms with E-state index in [2.05, 4.69) is 24.1 Å². The normalized spacial score (nSPS) is 14.1. The number of hydrogen-bond donors (Lipinski definition) is 2. The number of nitrogens with two attached hydrogens (primary N) is 1. The molecule has 4 nitrogen and oxygen atoms in total. The van der Waals surface area contributed by atoms with Gasteiger partial charge in [0.25, 0.3) is 0 Å². The van der Waals surface area contributed by atoms with Gasteiger partial charge in [-0.3, -0.25) is 9.69 Å². The predicted octanol–water partition coefficient (Wildman–Crippen LogP) is 3.37. The first kappa shape index (κ1) is 16.8. The summed E-state index contributed by atoms with van der Waals surface area (Å²) in [5.74, 6) is -0.0443. The maximum Gasteiger partial charge on any atom is 0.241 e. The van der Waals surface area contributed by atoms with Crippen LogP contribution in [0.3, 0.4) is 0 Å². The molecule has 2 atom stereocenters. The summed E-state index contributed by atoms with van der Waals surface area (Å²) in [6, 6.07) is 5.27. The number of carbonyl (C=O) groups is 1. The standard InChI is InChI=1S/C15H24ClN3O/c1-5-6-10(2)19(4)11(3)15(20)18-12-7-8-13(16)14(17)9-12/h7-11H,5-6,17H2,1-4H3,(H,18,20). The molecule has 1 amide bonds. The molecule has 3 N–H and O–H groups in total. The maximum absolute atomic E-state index is 12.2. The highest BCUT2D eigenvalue weighted by Crippen LogP contribution is 2.22. The Morgan fingerprint density at radius 1 is 1.45 bits per heavy atom. The van der Waals surface area contributed by atoms with Crippen molar-refractivity contribution in [3.05, 3.63) is 23.2 Å². The van der Waals surface area contributed by atoms with E-state index in [1.54, 1.807) is 18.2 Å². The second-order valence-electron chi connectivity index (χ2n) is 5.20. The number of nitrogen functional groups attached to an aromatic ring is 1. The Bertz CT molecular complexity index is 464. The Kier molecular flexibility index (Phi) is 6.30. The maximum atomic E-state index is 12.2. The number of hydrogen-bond acceptors (Lipinski definition) is 3. The van der Waals surface area contributed by atoms with Crippen molar-refractivity contribution in [2.75, 3.05) is 18.1 Å². The SMILES string of the molecule is CCCC(C)N(C)C(C)C(=O)Nc1ccc(Cl)c(N)c1. The number of nitrogens with one attached hydrogen (secondary N) is 1. The van der Waals surface area contributed by atoms with Crippen LogP contribution in [-0.2, 0) is 4.79 Å². The second kappa shape index (κ2) is 7.50. The molecule has 112 valence electrons. The van der Waals surface area contributed by atoms with Crippen molar-refractivity contribution in [3.8, 4) is 0 Å². The van der Waals surface area contributed by atoms with Crippen molar-refractivity contribution in [3.63, 3.8) is 0 Å². The van der Waals surface area contributed by atoms with E-state index in [4.69, 9.17) is 17.3 Å². The Labute approximate surface area is 126 Å². The number of benzene rings is 1. The third kappa shape index (κ3) is 4.39. The van der Waals surface area contributed by atoms with E-state index in [0.29, 0.717) is 22.4 Å². The molecule has 20 heavy (non-hydrogen) atoms. The molecule has 1 aromatic carbocycles. The van der Waals surface area contributed by atoms with Gasteiger partial charge in [-0.2, -0.15) is 0 Å². The smallest absolute Gasteiger partial charge is 0.241 e. The topological polar surface area (TPSA) is 58.4 Å². The monoisotopic (exact) mass is 297 g/mol. The average Bonchev–Trinajstić information content (AvgIpc) is 2.41. The summed E-state index contributed by atoms with van der Waals surface area (Å²) in [6.45, 7) is 6.18. The van der Waals surface area contributed by atoms with Gasteiger partial charge in [-0.25, -0.2) is 0 Å². The lowest BCUT2D eigenvalue weighted by Crippen LogP contribution is -2.44. The second-order valence-corrected chi connectivity index (χ2v) is 5.61. The number of carbonyl (C=O) groups excluding carboxylic acids is 1. The van der Waals surface area contributed by atoms with Crippen LogP contribution in [0.15, 0.2) is 18.2 Å². The fraction of sp³-hybridized carbons (Fsp3) is 0.533. The summed E-state index contributed by atoms with van der Waals surface area (Å²) in [4.78, 5) is 14.3. The summed E-state index contributed by atoms with van der Waals surface area (Å²) in [5.41, 5.74) is 6.86. The van der Waals surface area contributed by atoms with Gasteiger partial charge in [0.05, 0.1) is 16.8 Å². The van der Waals surface area contributed by atoms with Crippen molar-refractivity contribution in [1.82, 2.24) is 4.90 Å². The number of amides is 1. The van der Waals surface area contributed by atoms with Crippen molar-refractivity contribution in [2.45, 2.75) is 45.7 Å². The average molecular weight is 298 g/mol. The molecule has 0 spiro atoms. The van der Waals surface area contributed by atoms with Gasteiger partial charge in [-0.15, -0.1) is 0 Å². The molecular formula is C15H24ClN3O. The quantitative estimate of drug-likeness (QED) is 0.792. The van der Waals surface area contributed by atoms with Gasteiger partial charge >= 0.3 is 0 Å². The Hall–Kier alpha value is -1.26. The van der Waals surface area contributed by atoms with Crippen LogP contribution in [0.4, 0.5) is 11.4 Å². The van der Waals surface area contributed by atoms with Crippen LogP contribution in [0, 0.1) is 0 Å². The minimum atomic E-state index is -0.201. The summed E-state index contributed by atoms with van der Waals surface area (Å²) in [7, 11) is 1.97. The van der Waals surface area contributed by atoms with Crippen LogP contribution in [0.2, 0.25) is 5.02 Å². The zero-order valence-electron chi connectivity index (χ0n) is 12.6. The lowest BCUT2D eigenvalue weighted by Gasteiger charge is -2.29. The number of rotatable bonds is 6. The molecule has 5 heteroatoms. The van der Waals surface area contributed by atoms with Gasteiger partial charge < -0.3 is 11.1 Å². The van der Waals surface area contributed by atoms with E-state index in [1.807, 2.05) is 14.0 Å².